The Hall–Kier alpha value is -1.49. The van der Waals surface area contributed by atoms with Gasteiger partial charge >= 0.3 is 5.97 Å². The van der Waals surface area contributed by atoms with Gasteiger partial charge in [-0.1, -0.05) is 44.2 Å². The van der Waals surface area contributed by atoms with Crippen LogP contribution in [0.15, 0.2) is 30.3 Å². The number of carboxylic acids is 1. The van der Waals surface area contributed by atoms with Crippen LogP contribution in [-0.4, -0.2) is 35.0 Å². The molecule has 4 nitrogen and oxygen atoms in total. The lowest BCUT2D eigenvalue weighted by Crippen LogP contribution is -2.43. The molecule has 1 aromatic rings. The van der Waals surface area contributed by atoms with E-state index >= 15 is 0 Å². The van der Waals surface area contributed by atoms with Crippen LogP contribution in [-0.2, 0) is 15.0 Å². The van der Waals surface area contributed by atoms with Crippen molar-refractivity contribution in [3.05, 3.63) is 35.9 Å². The molecule has 0 aliphatic heterocycles. The number of hydrogen-bond donors (Lipinski definition) is 2. The van der Waals surface area contributed by atoms with E-state index in [4.69, 9.17) is 5.11 Å². The van der Waals surface area contributed by atoms with Crippen LogP contribution in [0, 0.1) is 0 Å². The van der Waals surface area contributed by atoms with E-state index in [2.05, 4.69) is 5.32 Å². The number of rotatable bonds is 8. The molecule has 116 valence electrons. The van der Waals surface area contributed by atoms with Crippen molar-refractivity contribution in [1.82, 2.24) is 5.32 Å². The van der Waals surface area contributed by atoms with Gasteiger partial charge in [-0.25, -0.2) is 4.79 Å². The third kappa shape index (κ3) is 5.79. The van der Waals surface area contributed by atoms with Crippen molar-refractivity contribution in [3.8, 4) is 0 Å². The normalized spacial score (nSPS) is 12.7. The van der Waals surface area contributed by atoms with Crippen molar-refractivity contribution in [2.75, 3.05) is 12.0 Å². The Morgan fingerprint density at radius 3 is 2.43 bits per heavy atom. The molecule has 0 aromatic heterocycles. The molecule has 0 radical (unpaired) electrons. The van der Waals surface area contributed by atoms with Crippen molar-refractivity contribution in [1.29, 1.82) is 0 Å². The average molecular weight is 309 g/mol. The van der Waals surface area contributed by atoms with Gasteiger partial charge in [0.15, 0.2) is 0 Å². The van der Waals surface area contributed by atoms with Crippen molar-refractivity contribution in [2.45, 2.75) is 38.1 Å². The number of benzene rings is 1. The molecule has 0 aliphatic rings. The van der Waals surface area contributed by atoms with Gasteiger partial charge < -0.3 is 10.4 Å². The van der Waals surface area contributed by atoms with Gasteiger partial charge in [0.1, 0.15) is 6.04 Å². The zero-order valence-electron chi connectivity index (χ0n) is 12.8. The lowest BCUT2D eigenvalue weighted by molar-refractivity contribution is -0.142. The summed E-state index contributed by atoms with van der Waals surface area (Å²) in [5.74, 6) is -0.494. The predicted octanol–water partition coefficient (Wildman–Crippen LogP) is 2.68. The molecule has 0 unspecified atom stereocenters. The molecular formula is C16H23NO3S. The van der Waals surface area contributed by atoms with Crippen molar-refractivity contribution < 1.29 is 14.7 Å². The molecule has 1 aromatic carbocycles. The topological polar surface area (TPSA) is 66.4 Å². The molecule has 0 bridgehead atoms. The van der Waals surface area contributed by atoms with E-state index < -0.39 is 12.0 Å². The van der Waals surface area contributed by atoms with Crippen LogP contribution in [0.2, 0.25) is 0 Å². The molecule has 21 heavy (non-hydrogen) atoms. The number of carbonyl (C=O) groups is 2. The molecule has 1 atom stereocenters. The molecule has 1 rings (SSSR count). The smallest absolute Gasteiger partial charge is 0.326 e. The third-order valence-electron chi connectivity index (χ3n) is 3.40. The first-order valence-electron chi connectivity index (χ1n) is 6.93. The van der Waals surface area contributed by atoms with Gasteiger partial charge in [-0.05, 0) is 29.4 Å². The molecule has 0 heterocycles. The maximum absolute atomic E-state index is 12.1. The average Bonchev–Trinajstić information content (AvgIpc) is 2.43. The molecule has 0 aliphatic carbocycles. The fourth-order valence-electron chi connectivity index (χ4n) is 2.13. The van der Waals surface area contributed by atoms with E-state index in [-0.39, 0.29) is 17.7 Å². The Bertz CT molecular complexity index is 474. The second kappa shape index (κ2) is 8.08. The summed E-state index contributed by atoms with van der Waals surface area (Å²) in [4.78, 5) is 23.3. The summed E-state index contributed by atoms with van der Waals surface area (Å²) in [6, 6.07) is 8.96. The van der Waals surface area contributed by atoms with Gasteiger partial charge in [-0.3, -0.25) is 4.79 Å². The summed E-state index contributed by atoms with van der Waals surface area (Å²) in [6.45, 7) is 3.97. The highest BCUT2D eigenvalue weighted by Gasteiger charge is 2.26. The van der Waals surface area contributed by atoms with Gasteiger partial charge in [-0.2, -0.15) is 11.8 Å². The zero-order chi connectivity index (χ0) is 15.9. The quantitative estimate of drug-likeness (QED) is 0.775. The Labute approximate surface area is 130 Å². The minimum absolute atomic E-state index is 0.225. The summed E-state index contributed by atoms with van der Waals surface area (Å²) in [5, 5.41) is 11.8. The Morgan fingerprint density at radius 1 is 1.29 bits per heavy atom. The summed E-state index contributed by atoms with van der Waals surface area (Å²) < 4.78 is 0. The first-order chi connectivity index (χ1) is 9.86. The van der Waals surface area contributed by atoms with Gasteiger partial charge in [0.2, 0.25) is 5.91 Å². The number of aliphatic carboxylic acids is 1. The maximum atomic E-state index is 12.1. The van der Waals surface area contributed by atoms with Crippen molar-refractivity contribution in [2.24, 2.45) is 0 Å². The van der Waals surface area contributed by atoms with E-state index in [1.807, 2.05) is 50.4 Å². The van der Waals surface area contributed by atoms with Crippen LogP contribution >= 0.6 is 11.8 Å². The largest absolute Gasteiger partial charge is 0.480 e. The number of amides is 1. The molecule has 5 heteroatoms. The zero-order valence-corrected chi connectivity index (χ0v) is 13.6. The molecule has 0 saturated heterocycles. The van der Waals surface area contributed by atoms with Crippen LogP contribution in [0.1, 0.15) is 32.3 Å². The van der Waals surface area contributed by atoms with Gasteiger partial charge in [0, 0.05) is 6.42 Å². The minimum Gasteiger partial charge on any atom is -0.480 e. The summed E-state index contributed by atoms with van der Waals surface area (Å²) in [5.41, 5.74) is 0.740. The highest BCUT2D eigenvalue weighted by molar-refractivity contribution is 7.98. The number of nitrogens with one attached hydrogen (secondary N) is 1. The summed E-state index contributed by atoms with van der Waals surface area (Å²) in [7, 11) is 0. The van der Waals surface area contributed by atoms with E-state index in [0.717, 1.165) is 5.56 Å². The van der Waals surface area contributed by atoms with Crippen LogP contribution < -0.4 is 5.32 Å². The lowest BCUT2D eigenvalue weighted by atomic mass is 9.81. The second-order valence-electron chi connectivity index (χ2n) is 5.67. The molecule has 1 amide bonds. The molecular weight excluding hydrogens is 286 g/mol. The Balaban J connectivity index is 2.65. The fraction of sp³-hybridized carbons (Fsp3) is 0.500. The van der Waals surface area contributed by atoms with Crippen LogP contribution in [0.3, 0.4) is 0 Å². The summed E-state index contributed by atoms with van der Waals surface area (Å²) >= 11 is 1.57. The second-order valence-corrected chi connectivity index (χ2v) is 6.65. The van der Waals surface area contributed by atoms with Crippen LogP contribution in [0.4, 0.5) is 0 Å². The molecule has 2 N–H and O–H groups in total. The number of hydrogen-bond acceptors (Lipinski definition) is 3. The van der Waals surface area contributed by atoms with Crippen molar-refractivity contribution >= 4 is 23.6 Å². The van der Waals surface area contributed by atoms with Gasteiger partial charge in [0.05, 0.1) is 0 Å². The fourth-order valence-corrected chi connectivity index (χ4v) is 2.60. The number of carboxylic acid groups (broad SMARTS) is 1. The van der Waals surface area contributed by atoms with E-state index in [1.165, 1.54) is 0 Å². The Kier molecular flexibility index (Phi) is 6.75. The van der Waals surface area contributed by atoms with E-state index in [9.17, 15) is 9.59 Å². The number of thioether (sulfide) groups is 1. The maximum Gasteiger partial charge on any atom is 0.326 e. The standard InChI is InChI=1S/C16H23NO3S/c1-16(2,12-7-5-4-6-8-12)11-14(18)17-13(15(19)20)9-10-21-3/h4-8,13H,9-11H2,1-3H3,(H,17,18)(H,19,20)/t13-/m0/s1. The molecule has 0 saturated carbocycles. The SMILES string of the molecule is CSCC[C@H](NC(=O)CC(C)(C)c1ccccc1)C(=O)O. The van der Waals surface area contributed by atoms with Gasteiger partial charge in [-0.15, -0.1) is 0 Å². The highest BCUT2D eigenvalue weighted by Crippen LogP contribution is 2.26. The first-order valence-corrected chi connectivity index (χ1v) is 8.33. The third-order valence-corrected chi connectivity index (χ3v) is 4.05. The first kappa shape index (κ1) is 17.6. The van der Waals surface area contributed by atoms with Crippen LogP contribution in [0.25, 0.3) is 0 Å². The number of carbonyl (C=O) groups excluding carboxylic acids is 1. The molecule has 0 fully saturated rings. The minimum atomic E-state index is -0.977. The molecule has 0 spiro atoms. The van der Waals surface area contributed by atoms with E-state index in [1.54, 1.807) is 11.8 Å². The predicted molar refractivity (Wildman–Crippen MR) is 86.7 cm³/mol. The van der Waals surface area contributed by atoms with Crippen molar-refractivity contribution in [3.63, 3.8) is 0 Å². The van der Waals surface area contributed by atoms with E-state index in [0.29, 0.717) is 12.2 Å². The van der Waals surface area contributed by atoms with Gasteiger partial charge in [0.25, 0.3) is 0 Å². The van der Waals surface area contributed by atoms with Crippen LogP contribution in [0.5, 0.6) is 0 Å². The lowest BCUT2D eigenvalue weighted by Gasteiger charge is -2.25. The monoisotopic (exact) mass is 309 g/mol. The highest BCUT2D eigenvalue weighted by atomic mass is 32.2. The summed E-state index contributed by atoms with van der Waals surface area (Å²) in [6.07, 6.45) is 2.62. The Morgan fingerprint density at radius 2 is 1.90 bits per heavy atom.